The minimum absolute atomic E-state index is 0.240. The van der Waals surface area contributed by atoms with Crippen LogP contribution in [0.5, 0.6) is 0 Å². The lowest BCUT2D eigenvalue weighted by molar-refractivity contribution is -0.119. The van der Waals surface area contributed by atoms with Crippen molar-refractivity contribution in [2.45, 2.75) is 38.5 Å². The summed E-state index contributed by atoms with van der Waals surface area (Å²) < 4.78 is 37.5. The molecule has 1 fully saturated rings. The molecule has 0 aliphatic heterocycles. The number of nitrogens with one attached hydrogen (secondary N) is 1. The van der Waals surface area contributed by atoms with Crippen molar-refractivity contribution < 1.29 is 13.2 Å². The summed E-state index contributed by atoms with van der Waals surface area (Å²) in [5.41, 5.74) is 0.594. The summed E-state index contributed by atoms with van der Waals surface area (Å²) in [6.07, 6.45) is -1.98. The van der Waals surface area contributed by atoms with Gasteiger partial charge in [-0.2, -0.15) is 13.2 Å². The fourth-order valence-corrected chi connectivity index (χ4v) is 2.04. The van der Waals surface area contributed by atoms with Crippen LogP contribution in [0.2, 0.25) is 5.02 Å². The van der Waals surface area contributed by atoms with E-state index in [1.807, 2.05) is 0 Å². The molecule has 112 valence electrons. The Bertz CT molecular complexity index is 461. The molecule has 1 aliphatic rings. The standard InChI is InChI=1S/C13H17ClF3N3/c1-2-20(8-13(15,16)17)12-6-5-10(14)11(19-12)7-18-9-3-4-9/h5-6,9,18H,2-4,7-8H2,1H3. The zero-order valence-electron chi connectivity index (χ0n) is 11.2. The van der Waals surface area contributed by atoms with Crippen LogP contribution in [0.4, 0.5) is 19.0 Å². The van der Waals surface area contributed by atoms with Gasteiger partial charge in [-0.3, -0.25) is 0 Å². The van der Waals surface area contributed by atoms with Crippen LogP contribution < -0.4 is 10.2 Å². The number of pyridine rings is 1. The second kappa shape index (κ2) is 6.18. The maximum atomic E-state index is 12.5. The summed E-state index contributed by atoms with van der Waals surface area (Å²) in [5.74, 6) is 0.307. The number of hydrogen-bond acceptors (Lipinski definition) is 3. The fraction of sp³-hybridized carbons (Fsp3) is 0.615. The smallest absolute Gasteiger partial charge is 0.348 e. The molecule has 3 nitrogen and oxygen atoms in total. The molecule has 1 aromatic rings. The average Bonchev–Trinajstić information content (AvgIpc) is 3.18. The van der Waals surface area contributed by atoms with E-state index >= 15 is 0 Å². The second-order valence-electron chi connectivity index (χ2n) is 4.88. The van der Waals surface area contributed by atoms with E-state index in [9.17, 15) is 13.2 Å². The Hall–Kier alpha value is -1.01. The van der Waals surface area contributed by atoms with E-state index in [4.69, 9.17) is 11.6 Å². The maximum absolute atomic E-state index is 12.5. The third kappa shape index (κ3) is 4.52. The van der Waals surface area contributed by atoms with E-state index in [1.54, 1.807) is 13.0 Å². The molecule has 0 aromatic carbocycles. The van der Waals surface area contributed by atoms with Crippen LogP contribution in [0.3, 0.4) is 0 Å². The SMILES string of the molecule is CCN(CC(F)(F)F)c1ccc(Cl)c(CNC2CC2)n1. The normalized spacial score (nSPS) is 15.4. The first-order chi connectivity index (χ1) is 9.39. The van der Waals surface area contributed by atoms with Crippen molar-refractivity contribution in [1.82, 2.24) is 10.3 Å². The highest BCUT2D eigenvalue weighted by Gasteiger charge is 2.31. The van der Waals surface area contributed by atoms with E-state index in [2.05, 4.69) is 10.3 Å². The number of anilines is 1. The maximum Gasteiger partial charge on any atom is 0.405 e. The van der Waals surface area contributed by atoms with Gasteiger partial charge in [-0.25, -0.2) is 4.98 Å². The molecule has 0 spiro atoms. The lowest BCUT2D eigenvalue weighted by atomic mass is 10.3. The van der Waals surface area contributed by atoms with Crippen molar-refractivity contribution in [3.05, 3.63) is 22.8 Å². The Labute approximate surface area is 121 Å². The third-order valence-electron chi connectivity index (χ3n) is 3.12. The van der Waals surface area contributed by atoms with Crippen molar-refractivity contribution in [2.75, 3.05) is 18.0 Å². The van der Waals surface area contributed by atoms with Gasteiger partial charge in [-0.1, -0.05) is 11.6 Å². The van der Waals surface area contributed by atoms with Crippen LogP contribution in [0.1, 0.15) is 25.5 Å². The van der Waals surface area contributed by atoms with Gasteiger partial charge in [0.05, 0.1) is 10.7 Å². The Morgan fingerprint density at radius 1 is 1.40 bits per heavy atom. The van der Waals surface area contributed by atoms with Crippen LogP contribution in [-0.4, -0.2) is 30.3 Å². The number of nitrogens with zero attached hydrogens (tertiary/aromatic N) is 2. The largest absolute Gasteiger partial charge is 0.405 e. The Morgan fingerprint density at radius 2 is 2.10 bits per heavy atom. The summed E-state index contributed by atoms with van der Waals surface area (Å²) in [6.45, 7) is 1.39. The first kappa shape index (κ1) is 15.4. The highest BCUT2D eigenvalue weighted by molar-refractivity contribution is 6.31. The van der Waals surface area contributed by atoms with Gasteiger partial charge in [-0.05, 0) is 31.9 Å². The first-order valence-corrected chi connectivity index (χ1v) is 6.97. The minimum atomic E-state index is -4.25. The van der Waals surface area contributed by atoms with Gasteiger partial charge in [-0.15, -0.1) is 0 Å². The number of alkyl halides is 3. The van der Waals surface area contributed by atoms with Gasteiger partial charge in [0.25, 0.3) is 0 Å². The fourth-order valence-electron chi connectivity index (χ4n) is 1.87. The number of rotatable bonds is 6. The minimum Gasteiger partial charge on any atom is -0.348 e. The third-order valence-corrected chi connectivity index (χ3v) is 3.46. The van der Waals surface area contributed by atoms with Crippen molar-refractivity contribution >= 4 is 17.4 Å². The molecular formula is C13H17ClF3N3. The van der Waals surface area contributed by atoms with E-state index in [1.165, 1.54) is 11.0 Å². The van der Waals surface area contributed by atoms with E-state index < -0.39 is 12.7 Å². The van der Waals surface area contributed by atoms with E-state index in [0.29, 0.717) is 29.1 Å². The summed E-state index contributed by atoms with van der Waals surface area (Å²) in [6, 6.07) is 3.62. The quantitative estimate of drug-likeness (QED) is 0.873. The van der Waals surface area contributed by atoms with Gasteiger partial charge in [0.2, 0.25) is 0 Å². The molecular weight excluding hydrogens is 291 g/mol. The lowest BCUT2D eigenvalue weighted by Crippen LogP contribution is -2.34. The summed E-state index contributed by atoms with van der Waals surface area (Å²) in [5, 5.41) is 3.74. The molecule has 0 saturated heterocycles. The van der Waals surface area contributed by atoms with Crippen LogP contribution in [0, 0.1) is 0 Å². The van der Waals surface area contributed by atoms with E-state index in [-0.39, 0.29) is 6.54 Å². The van der Waals surface area contributed by atoms with E-state index in [0.717, 1.165) is 12.8 Å². The predicted molar refractivity (Wildman–Crippen MR) is 73.1 cm³/mol. The summed E-state index contributed by atoms with van der Waals surface area (Å²) >= 11 is 6.04. The van der Waals surface area contributed by atoms with Crippen molar-refractivity contribution in [3.63, 3.8) is 0 Å². The molecule has 20 heavy (non-hydrogen) atoms. The summed E-state index contributed by atoms with van der Waals surface area (Å²) in [7, 11) is 0. The van der Waals surface area contributed by atoms with Crippen molar-refractivity contribution in [1.29, 1.82) is 0 Å². The zero-order chi connectivity index (χ0) is 14.8. The highest BCUT2D eigenvalue weighted by atomic mass is 35.5. The van der Waals surface area contributed by atoms with Gasteiger partial charge in [0.1, 0.15) is 12.4 Å². The average molecular weight is 308 g/mol. The molecule has 1 aliphatic carbocycles. The molecule has 0 unspecified atom stereocenters. The monoisotopic (exact) mass is 307 g/mol. The molecule has 1 heterocycles. The van der Waals surface area contributed by atoms with Gasteiger partial charge < -0.3 is 10.2 Å². The second-order valence-corrected chi connectivity index (χ2v) is 5.29. The van der Waals surface area contributed by atoms with Crippen LogP contribution >= 0.6 is 11.6 Å². The molecule has 0 bridgehead atoms. The molecule has 7 heteroatoms. The first-order valence-electron chi connectivity index (χ1n) is 6.59. The number of aromatic nitrogens is 1. The van der Waals surface area contributed by atoms with Gasteiger partial charge >= 0.3 is 6.18 Å². The molecule has 0 atom stereocenters. The zero-order valence-corrected chi connectivity index (χ0v) is 11.9. The Kier molecular flexibility index (Phi) is 4.75. The highest BCUT2D eigenvalue weighted by Crippen LogP contribution is 2.25. The van der Waals surface area contributed by atoms with Crippen LogP contribution in [-0.2, 0) is 6.54 Å². The Balaban J connectivity index is 2.10. The number of hydrogen-bond donors (Lipinski definition) is 1. The van der Waals surface area contributed by atoms with Crippen molar-refractivity contribution in [3.8, 4) is 0 Å². The van der Waals surface area contributed by atoms with Gasteiger partial charge in [0, 0.05) is 19.1 Å². The predicted octanol–water partition coefficient (Wildman–Crippen LogP) is 3.38. The topological polar surface area (TPSA) is 28.2 Å². The van der Waals surface area contributed by atoms with Gasteiger partial charge in [0.15, 0.2) is 0 Å². The van der Waals surface area contributed by atoms with Crippen LogP contribution in [0.25, 0.3) is 0 Å². The molecule has 0 radical (unpaired) electrons. The molecule has 1 saturated carbocycles. The molecule has 1 aromatic heterocycles. The molecule has 0 amide bonds. The summed E-state index contributed by atoms with van der Waals surface area (Å²) in [4.78, 5) is 5.45. The lowest BCUT2D eigenvalue weighted by Gasteiger charge is -2.24. The number of halogens is 4. The van der Waals surface area contributed by atoms with Crippen LogP contribution in [0.15, 0.2) is 12.1 Å². The molecule has 1 N–H and O–H groups in total. The Morgan fingerprint density at radius 3 is 2.65 bits per heavy atom. The molecule has 2 rings (SSSR count). The van der Waals surface area contributed by atoms with Crippen molar-refractivity contribution in [2.24, 2.45) is 0 Å².